The van der Waals surface area contributed by atoms with Crippen LogP contribution in [0.4, 0.5) is 4.39 Å². The van der Waals surface area contributed by atoms with Gasteiger partial charge in [0.05, 0.1) is 0 Å². The van der Waals surface area contributed by atoms with Crippen LogP contribution in [0.3, 0.4) is 0 Å². The highest BCUT2D eigenvalue weighted by Gasteiger charge is 2.21. The maximum atomic E-state index is 13.1. The average Bonchev–Trinajstić information content (AvgIpc) is 2.46. The van der Waals surface area contributed by atoms with Crippen LogP contribution >= 0.6 is 0 Å². The molecule has 0 spiro atoms. The number of halogens is 1. The van der Waals surface area contributed by atoms with E-state index in [-0.39, 0.29) is 5.82 Å². The molecular weight excluding hydrogens is 261 g/mol. The van der Waals surface area contributed by atoms with Gasteiger partial charge < -0.3 is 5.32 Å². The molecule has 1 fully saturated rings. The van der Waals surface area contributed by atoms with Crippen molar-refractivity contribution >= 4 is 0 Å². The van der Waals surface area contributed by atoms with Crippen LogP contribution in [0.15, 0.2) is 24.3 Å². The summed E-state index contributed by atoms with van der Waals surface area (Å²) in [4.78, 5) is 0. The molecule has 1 atom stereocenters. The van der Waals surface area contributed by atoms with Crippen molar-refractivity contribution in [3.8, 4) is 0 Å². The standard InChI is InChI=1S/C19H30FN/c1-2-14-21-19(15-16-10-12-18(20)13-11-16)17-8-6-4-3-5-7-9-17/h10-13,17,19,21H,2-9,14-15H2,1H3. The zero-order chi connectivity index (χ0) is 14.9. The van der Waals surface area contributed by atoms with Crippen molar-refractivity contribution in [3.63, 3.8) is 0 Å². The van der Waals surface area contributed by atoms with E-state index in [1.165, 1.54) is 56.9 Å². The van der Waals surface area contributed by atoms with E-state index in [4.69, 9.17) is 0 Å². The van der Waals surface area contributed by atoms with Crippen LogP contribution < -0.4 is 5.32 Å². The first kappa shape index (κ1) is 16.5. The highest BCUT2D eigenvalue weighted by Crippen LogP contribution is 2.26. The normalized spacial score (nSPS) is 19.0. The van der Waals surface area contributed by atoms with Crippen molar-refractivity contribution in [2.45, 2.75) is 70.8 Å². The Labute approximate surface area is 129 Å². The molecule has 0 heterocycles. The van der Waals surface area contributed by atoms with Crippen LogP contribution in [-0.2, 0) is 6.42 Å². The van der Waals surface area contributed by atoms with Crippen molar-refractivity contribution < 1.29 is 4.39 Å². The zero-order valence-electron chi connectivity index (χ0n) is 13.4. The van der Waals surface area contributed by atoms with Gasteiger partial charge in [0.1, 0.15) is 5.82 Å². The van der Waals surface area contributed by atoms with Gasteiger partial charge in [-0.25, -0.2) is 4.39 Å². The van der Waals surface area contributed by atoms with Crippen molar-refractivity contribution in [1.82, 2.24) is 5.32 Å². The van der Waals surface area contributed by atoms with E-state index in [2.05, 4.69) is 12.2 Å². The van der Waals surface area contributed by atoms with Gasteiger partial charge in [0.2, 0.25) is 0 Å². The Hall–Kier alpha value is -0.890. The van der Waals surface area contributed by atoms with Gasteiger partial charge in [-0.05, 0) is 55.8 Å². The molecule has 1 saturated carbocycles. The van der Waals surface area contributed by atoms with Crippen LogP contribution in [0, 0.1) is 11.7 Å². The summed E-state index contributed by atoms with van der Waals surface area (Å²) in [6, 6.07) is 7.61. The van der Waals surface area contributed by atoms with E-state index in [1.807, 2.05) is 12.1 Å². The molecule has 1 aliphatic carbocycles. The second-order valence-corrected chi connectivity index (χ2v) is 6.50. The third-order valence-electron chi connectivity index (χ3n) is 4.74. The summed E-state index contributed by atoms with van der Waals surface area (Å²) in [5, 5.41) is 3.76. The Morgan fingerprint density at radius 1 is 1.05 bits per heavy atom. The first-order valence-corrected chi connectivity index (χ1v) is 8.77. The number of hydrogen-bond acceptors (Lipinski definition) is 1. The second kappa shape index (κ2) is 9.19. The topological polar surface area (TPSA) is 12.0 Å². The minimum Gasteiger partial charge on any atom is -0.313 e. The maximum absolute atomic E-state index is 13.1. The van der Waals surface area contributed by atoms with E-state index >= 15 is 0 Å². The fourth-order valence-corrected chi connectivity index (χ4v) is 3.50. The Balaban J connectivity index is 1.99. The lowest BCUT2D eigenvalue weighted by Gasteiger charge is -2.30. The van der Waals surface area contributed by atoms with E-state index < -0.39 is 0 Å². The summed E-state index contributed by atoms with van der Waals surface area (Å²) < 4.78 is 13.1. The first-order valence-electron chi connectivity index (χ1n) is 8.77. The first-order chi connectivity index (χ1) is 10.3. The summed E-state index contributed by atoms with van der Waals surface area (Å²) in [6.07, 6.45) is 11.9. The summed E-state index contributed by atoms with van der Waals surface area (Å²) >= 11 is 0. The largest absolute Gasteiger partial charge is 0.313 e. The Morgan fingerprint density at radius 2 is 1.67 bits per heavy atom. The molecule has 118 valence electrons. The van der Waals surface area contributed by atoms with Crippen molar-refractivity contribution in [2.24, 2.45) is 5.92 Å². The van der Waals surface area contributed by atoms with Crippen molar-refractivity contribution in [2.75, 3.05) is 6.54 Å². The maximum Gasteiger partial charge on any atom is 0.123 e. The number of nitrogens with one attached hydrogen (secondary N) is 1. The molecule has 1 nitrogen and oxygen atoms in total. The zero-order valence-corrected chi connectivity index (χ0v) is 13.4. The van der Waals surface area contributed by atoms with Gasteiger partial charge in [0.15, 0.2) is 0 Å². The van der Waals surface area contributed by atoms with E-state index in [0.29, 0.717) is 6.04 Å². The van der Waals surface area contributed by atoms with Gasteiger partial charge in [-0.1, -0.05) is 51.2 Å². The Kier molecular flexibility index (Phi) is 7.21. The van der Waals surface area contributed by atoms with Gasteiger partial charge in [0, 0.05) is 6.04 Å². The predicted molar refractivity (Wildman–Crippen MR) is 88.0 cm³/mol. The summed E-state index contributed by atoms with van der Waals surface area (Å²) in [6.45, 7) is 3.31. The smallest absolute Gasteiger partial charge is 0.123 e. The molecule has 1 unspecified atom stereocenters. The lowest BCUT2D eigenvalue weighted by atomic mass is 9.83. The molecule has 0 radical (unpaired) electrons. The van der Waals surface area contributed by atoms with Crippen LogP contribution in [0.5, 0.6) is 0 Å². The highest BCUT2D eigenvalue weighted by atomic mass is 19.1. The minimum absolute atomic E-state index is 0.136. The Morgan fingerprint density at radius 3 is 2.29 bits per heavy atom. The van der Waals surface area contributed by atoms with Gasteiger partial charge in [-0.2, -0.15) is 0 Å². The molecule has 1 aromatic carbocycles. The molecule has 2 rings (SSSR count). The van der Waals surface area contributed by atoms with Gasteiger partial charge in [0.25, 0.3) is 0 Å². The molecule has 0 aromatic heterocycles. The molecular formula is C19H30FN. The SMILES string of the molecule is CCCNC(Cc1ccc(F)cc1)C1CCCCCCC1. The van der Waals surface area contributed by atoms with Gasteiger partial charge in [-0.15, -0.1) is 0 Å². The van der Waals surface area contributed by atoms with Crippen LogP contribution in [0.2, 0.25) is 0 Å². The number of rotatable bonds is 6. The minimum atomic E-state index is -0.136. The highest BCUT2D eigenvalue weighted by molar-refractivity contribution is 5.17. The lowest BCUT2D eigenvalue weighted by Crippen LogP contribution is -2.39. The molecule has 0 saturated heterocycles. The lowest BCUT2D eigenvalue weighted by molar-refractivity contribution is 0.283. The Bertz CT molecular complexity index is 379. The molecule has 1 aromatic rings. The van der Waals surface area contributed by atoms with E-state index in [9.17, 15) is 4.39 Å². The van der Waals surface area contributed by atoms with Crippen LogP contribution in [0.1, 0.15) is 63.9 Å². The van der Waals surface area contributed by atoms with Crippen LogP contribution in [-0.4, -0.2) is 12.6 Å². The molecule has 0 amide bonds. The molecule has 0 bridgehead atoms. The number of benzene rings is 1. The summed E-state index contributed by atoms with van der Waals surface area (Å²) in [5.41, 5.74) is 1.26. The van der Waals surface area contributed by atoms with E-state index in [0.717, 1.165) is 18.9 Å². The third-order valence-corrected chi connectivity index (χ3v) is 4.74. The summed E-state index contributed by atoms with van der Waals surface area (Å²) in [7, 11) is 0. The molecule has 21 heavy (non-hydrogen) atoms. The fourth-order valence-electron chi connectivity index (χ4n) is 3.50. The molecule has 2 heteroatoms. The second-order valence-electron chi connectivity index (χ2n) is 6.50. The van der Waals surface area contributed by atoms with Gasteiger partial charge in [-0.3, -0.25) is 0 Å². The summed E-state index contributed by atoms with van der Waals surface area (Å²) in [5.74, 6) is 0.643. The van der Waals surface area contributed by atoms with Crippen LogP contribution in [0.25, 0.3) is 0 Å². The fraction of sp³-hybridized carbons (Fsp3) is 0.684. The van der Waals surface area contributed by atoms with Crippen molar-refractivity contribution in [3.05, 3.63) is 35.6 Å². The van der Waals surface area contributed by atoms with Crippen molar-refractivity contribution in [1.29, 1.82) is 0 Å². The molecule has 0 aliphatic heterocycles. The average molecular weight is 291 g/mol. The quantitative estimate of drug-likeness (QED) is 0.769. The third kappa shape index (κ3) is 5.78. The molecule has 1 aliphatic rings. The monoisotopic (exact) mass is 291 g/mol. The van der Waals surface area contributed by atoms with Gasteiger partial charge >= 0.3 is 0 Å². The number of hydrogen-bond donors (Lipinski definition) is 1. The predicted octanol–water partition coefficient (Wildman–Crippen LogP) is 5.10. The molecule has 1 N–H and O–H groups in total. The van der Waals surface area contributed by atoms with E-state index in [1.54, 1.807) is 12.1 Å².